The minimum atomic E-state index is 0.0838. The van der Waals surface area contributed by atoms with E-state index in [0.717, 1.165) is 24.1 Å². The molecule has 0 aromatic heterocycles. The molecule has 3 rings (SSSR count). The second-order valence-electron chi connectivity index (χ2n) is 5.11. The standard InChI is InChI=1S/C17H18N2O/c18-11-14-6-3-4-8-16(14)17(20)19-10-9-13-5-1-2-7-15(13)12-19/h1-8H,9-12,18H2. The van der Waals surface area contributed by atoms with Crippen molar-refractivity contribution in [1.82, 2.24) is 4.90 Å². The summed E-state index contributed by atoms with van der Waals surface area (Å²) in [5.74, 6) is 0.0838. The first-order chi connectivity index (χ1) is 9.79. The second kappa shape index (κ2) is 5.47. The Kier molecular flexibility index (Phi) is 3.52. The SMILES string of the molecule is NCc1ccccc1C(=O)N1CCc2ccccc2C1. The van der Waals surface area contributed by atoms with Crippen molar-refractivity contribution >= 4 is 5.91 Å². The number of hydrogen-bond donors (Lipinski definition) is 1. The molecule has 1 heterocycles. The molecule has 3 heteroatoms. The Morgan fingerprint density at radius 3 is 2.55 bits per heavy atom. The Labute approximate surface area is 119 Å². The highest BCUT2D eigenvalue weighted by atomic mass is 16.2. The molecule has 20 heavy (non-hydrogen) atoms. The fourth-order valence-electron chi connectivity index (χ4n) is 2.75. The van der Waals surface area contributed by atoms with E-state index in [1.54, 1.807) is 0 Å². The molecule has 0 saturated heterocycles. The van der Waals surface area contributed by atoms with Gasteiger partial charge in [0.05, 0.1) is 0 Å². The number of benzene rings is 2. The molecule has 2 N–H and O–H groups in total. The maximum Gasteiger partial charge on any atom is 0.254 e. The molecule has 0 unspecified atom stereocenters. The van der Waals surface area contributed by atoms with Gasteiger partial charge in [0, 0.05) is 25.2 Å². The van der Waals surface area contributed by atoms with Gasteiger partial charge in [-0.25, -0.2) is 0 Å². The van der Waals surface area contributed by atoms with Crippen molar-refractivity contribution in [3.8, 4) is 0 Å². The van der Waals surface area contributed by atoms with Gasteiger partial charge in [-0.15, -0.1) is 0 Å². The number of nitrogens with two attached hydrogens (primary N) is 1. The summed E-state index contributed by atoms with van der Waals surface area (Å²) in [7, 11) is 0. The number of fused-ring (bicyclic) bond motifs is 1. The van der Waals surface area contributed by atoms with Crippen LogP contribution in [-0.2, 0) is 19.5 Å². The largest absolute Gasteiger partial charge is 0.334 e. The maximum atomic E-state index is 12.7. The van der Waals surface area contributed by atoms with Crippen LogP contribution in [0.4, 0.5) is 0 Å². The zero-order valence-corrected chi connectivity index (χ0v) is 11.4. The Balaban J connectivity index is 1.86. The molecule has 102 valence electrons. The predicted molar refractivity (Wildman–Crippen MR) is 79.2 cm³/mol. The molecule has 0 bridgehead atoms. The first kappa shape index (κ1) is 12.9. The summed E-state index contributed by atoms with van der Waals surface area (Å²) >= 11 is 0. The van der Waals surface area contributed by atoms with E-state index in [0.29, 0.717) is 13.1 Å². The number of carbonyl (C=O) groups is 1. The van der Waals surface area contributed by atoms with Gasteiger partial charge in [-0.05, 0) is 29.2 Å². The fraction of sp³-hybridized carbons (Fsp3) is 0.235. The summed E-state index contributed by atoms with van der Waals surface area (Å²) < 4.78 is 0. The lowest BCUT2D eigenvalue weighted by Gasteiger charge is -2.29. The zero-order chi connectivity index (χ0) is 13.9. The van der Waals surface area contributed by atoms with E-state index in [1.165, 1.54) is 11.1 Å². The highest BCUT2D eigenvalue weighted by Gasteiger charge is 2.22. The summed E-state index contributed by atoms with van der Waals surface area (Å²) in [5, 5.41) is 0. The first-order valence-electron chi connectivity index (χ1n) is 6.93. The van der Waals surface area contributed by atoms with Crippen molar-refractivity contribution in [1.29, 1.82) is 0 Å². The molecular formula is C17H18N2O. The van der Waals surface area contributed by atoms with E-state index >= 15 is 0 Å². The van der Waals surface area contributed by atoms with E-state index < -0.39 is 0 Å². The van der Waals surface area contributed by atoms with Gasteiger partial charge in [0.1, 0.15) is 0 Å². The van der Waals surface area contributed by atoms with Crippen LogP contribution in [0.1, 0.15) is 27.0 Å². The lowest BCUT2D eigenvalue weighted by atomic mass is 9.98. The third-order valence-corrected chi connectivity index (χ3v) is 3.89. The van der Waals surface area contributed by atoms with Crippen LogP contribution in [0.25, 0.3) is 0 Å². The average Bonchev–Trinajstić information content (AvgIpc) is 2.53. The highest BCUT2D eigenvalue weighted by Crippen LogP contribution is 2.21. The first-order valence-corrected chi connectivity index (χ1v) is 6.93. The smallest absolute Gasteiger partial charge is 0.254 e. The molecule has 2 aromatic rings. The Hall–Kier alpha value is -2.13. The molecule has 0 saturated carbocycles. The normalized spacial score (nSPS) is 13.9. The van der Waals surface area contributed by atoms with Crippen molar-refractivity contribution in [2.45, 2.75) is 19.5 Å². The van der Waals surface area contributed by atoms with E-state index in [4.69, 9.17) is 5.73 Å². The quantitative estimate of drug-likeness (QED) is 0.907. The minimum absolute atomic E-state index is 0.0838. The zero-order valence-electron chi connectivity index (χ0n) is 11.4. The van der Waals surface area contributed by atoms with Crippen molar-refractivity contribution in [3.05, 3.63) is 70.8 Å². The fourth-order valence-corrected chi connectivity index (χ4v) is 2.75. The van der Waals surface area contributed by atoms with Crippen LogP contribution in [0.15, 0.2) is 48.5 Å². The molecule has 0 aliphatic carbocycles. The number of hydrogen-bond acceptors (Lipinski definition) is 2. The molecule has 0 spiro atoms. The van der Waals surface area contributed by atoms with Crippen molar-refractivity contribution in [2.24, 2.45) is 5.73 Å². The topological polar surface area (TPSA) is 46.3 Å². The van der Waals surface area contributed by atoms with Gasteiger partial charge < -0.3 is 10.6 Å². The third kappa shape index (κ3) is 2.32. The van der Waals surface area contributed by atoms with Crippen LogP contribution in [0, 0.1) is 0 Å². The third-order valence-electron chi connectivity index (χ3n) is 3.89. The lowest BCUT2D eigenvalue weighted by Crippen LogP contribution is -2.36. The minimum Gasteiger partial charge on any atom is -0.334 e. The number of rotatable bonds is 2. The van der Waals surface area contributed by atoms with Gasteiger partial charge in [0.15, 0.2) is 0 Å². The molecule has 0 fully saturated rings. The molecule has 0 radical (unpaired) electrons. The molecule has 3 nitrogen and oxygen atoms in total. The van der Waals surface area contributed by atoms with Crippen molar-refractivity contribution in [3.63, 3.8) is 0 Å². The molecule has 0 atom stereocenters. The van der Waals surface area contributed by atoms with E-state index in [9.17, 15) is 4.79 Å². The maximum absolute atomic E-state index is 12.7. The van der Waals surface area contributed by atoms with Crippen LogP contribution >= 0.6 is 0 Å². The lowest BCUT2D eigenvalue weighted by molar-refractivity contribution is 0.0733. The van der Waals surface area contributed by atoms with Gasteiger partial charge >= 0.3 is 0 Å². The Morgan fingerprint density at radius 1 is 1.05 bits per heavy atom. The van der Waals surface area contributed by atoms with Crippen LogP contribution in [0.5, 0.6) is 0 Å². The van der Waals surface area contributed by atoms with Gasteiger partial charge in [-0.2, -0.15) is 0 Å². The number of nitrogens with zero attached hydrogens (tertiary/aromatic N) is 1. The number of amides is 1. The Bertz CT molecular complexity index is 636. The van der Waals surface area contributed by atoms with E-state index in [2.05, 4.69) is 18.2 Å². The summed E-state index contributed by atoms with van der Waals surface area (Å²) in [6, 6.07) is 15.9. The monoisotopic (exact) mass is 266 g/mol. The molecule has 1 aliphatic rings. The van der Waals surface area contributed by atoms with Gasteiger partial charge in [-0.1, -0.05) is 42.5 Å². The number of carbonyl (C=O) groups excluding carboxylic acids is 1. The molecule has 2 aromatic carbocycles. The average molecular weight is 266 g/mol. The Morgan fingerprint density at radius 2 is 1.75 bits per heavy atom. The predicted octanol–water partition coefficient (Wildman–Crippen LogP) is 2.34. The van der Waals surface area contributed by atoms with Gasteiger partial charge in [0.2, 0.25) is 0 Å². The summed E-state index contributed by atoms with van der Waals surface area (Å²) in [6.45, 7) is 1.86. The van der Waals surface area contributed by atoms with E-state index in [-0.39, 0.29) is 5.91 Å². The van der Waals surface area contributed by atoms with Crippen molar-refractivity contribution < 1.29 is 4.79 Å². The molecule has 1 aliphatic heterocycles. The van der Waals surface area contributed by atoms with Gasteiger partial charge in [-0.3, -0.25) is 4.79 Å². The molecule has 1 amide bonds. The summed E-state index contributed by atoms with van der Waals surface area (Å²) in [4.78, 5) is 14.6. The molecular weight excluding hydrogens is 248 g/mol. The van der Waals surface area contributed by atoms with E-state index in [1.807, 2.05) is 35.2 Å². The summed E-state index contributed by atoms with van der Waals surface area (Å²) in [5.41, 5.74) is 9.97. The summed E-state index contributed by atoms with van der Waals surface area (Å²) in [6.07, 6.45) is 0.923. The van der Waals surface area contributed by atoms with Gasteiger partial charge in [0.25, 0.3) is 5.91 Å². The van der Waals surface area contributed by atoms with Crippen molar-refractivity contribution in [2.75, 3.05) is 6.54 Å². The second-order valence-corrected chi connectivity index (χ2v) is 5.11. The van der Waals surface area contributed by atoms with Crippen LogP contribution in [-0.4, -0.2) is 17.4 Å². The highest BCUT2D eigenvalue weighted by molar-refractivity contribution is 5.95. The van der Waals surface area contributed by atoms with Crippen LogP contribution in [0.2, 0.25) is 0 Å². The van der Waals surface area contributed by atoms with Crippen LogP contribution in [0.3, 0.4) is 0 Å². The van der Waals surface area contributed by atoms with Crippen LogP contribution < -0.4 is 5.73 Å².